The molecule has 0 unspecified atom stereocenters. The van der Waals surface area contributed by atoms with Gasteiger partial charge in [0.2, 0.25) is 0 Å². The van der Waals surface area contributed by atoms with Gasteiger partial charge in [-0.15, -0.1) is 0 Å². The van der Waals surface area contributed by atoms with Crippen LogP contribution >= 0.6 is 0 Å². The van der Waals surface area contributed by atoms with E-state index in [4.69, 9.17) is 9.40 Å². The standard InChI is InChI=1S/C27H17N3O/c1-2-10-18(11-3-1)29-22-15-7-4-12-19(22)26-25(29)20-13-5-8-16-23(20)30(26)27-28-21-14-6-9-17-24(21)31-27/h1-17H. The maximum atomic E-state index is 6.24. The van der Waals surface area contributed by atoms with E-state index in [2.05, 4.69) is 81.9 Å². The first kappa shape index (κ1) is 16.5. The van der Waals surface area contributed by atoms with Crippen LogP contribution in [0.3, 0.4) is 0 Å². The summed E-state index contributed by atoms with van der Waals surface area (Å²) in [7, 11) is 0. The Bertz CT molecular complexity index is 1700. The fourth-order valence-electron chi connectivity index (χ4n) is 4.69. The fourth-order valence-corrected chi connectivity index (χ4v) is 4.69. The summed E-state index contributed by atoms with van der Waals surface area (Å²) in [6.07, 6.45) is 0. The average Bonchev–Trinajstić information content (AvgIpc) is 3.49. The molecule has 4 nitrogen and oxygen atoms in total. The van der Waals surface area contributed by atoms with Crippen LogP contribution in [0.15, 0.2) is 108 Å². The van der Waals surface area contributed by atoms with E-state index >= 15 is 0 Å². The fraction of sp³-hybridized carbons (Fsp3) is 0. The molecule has 7 rings (SSSR count). The molecule has 0 spiro atoms. The van der Waals surface area contributed by atoms with Crippen LogP contribution in [-0.4, -0.2) is 14.1 Å². The lowest BCUT2D eigenvalue weighted by Gasteiger charge is -2.07. The van der Waals surface area contributed by atoms with Crippen LogP contribution in [0.25, 0.3) is 55.6 Å². The van der Waals surface area contributed by atoms with E-state index in [-0.39, 0.29) is 0 Å². The van der Waals surface area contributed by atoms with E-state index in [9.17, 15) is 0 Å². The Labute approximate surface area is 177 Å². The lowest BCUT2D eigenvalue weighted by molar-refractivity contribution is 0.574. The Morgan fingerprint density at radius 3 is 1.87 bits per heavy atom. The van der Waals surface area contributed by atoms with Crippen LogP contribution in [0.2, 0.25) is 0 Å². The van der Waals surface area contributed by atoms with E-state index in [1.54, 1.807) is 0 Å². The second-order valence-corrected chi connectivity index (χ2v) is 7.70. The zero-order valence-corrected chi connectivity index (χ0v) is 16.6. The molecular weight excluding hydrogens is 382 g/mol. The highest BCUT2D eigenvalue weighted by molar-refractivity contribution is 6.19. The van der Waals surface area contributed by atoms with Gasteiger partial charge in [-0.25, -0.2) is 0 Å². The first-order valence-corrected chi connectivity index (χ1v) is 10.3. The van der Waals surface area contributed by atoms with Crippen molar-refractivity contribution in [1.29, 1.82) is 0 Å². The van der Waals surface area contributed by atoms with Crippen molar-refractivity contribution in [3.63, 3.8) is 0 Å². The number of hydrogen-bond donors (Lipinski definition) is 0. The zero-order chi connectivity index (χ0) is 20.4. The van der Waals surface area contributed by atoms with Crippen molar-refractivity contribution in [2.75, 3.05) is 0 Å². The minimum absolute atomic E-state index is 0.586. The Morgan fingerprint density at radius 1 is 0.548 bits per heavy atom. The minimum atomic E-state index is 0.586. The van der Waals surface area contributed by atoms with Crippen LogP contribution in [0, 0.1) is 0 Å². The molecule has 3 aromatic heterocycles. The van der Waals surface area contributed by atoms with Gasteiger partial charge in [0.25, 0.3) is 0 Å². The van der Waals surface area contributed by atoms with Crippen molar-refractivity contribution < 1.29 is 4.42 Å². The normalized spacial score (nSPS) is 11.9. The number of para-hydroxylation sites is 5. The van der Waals surface area contributed by atoms with Gasteiger partial charge in [0, 0.05) is 16.5 Å². The van der Waals surface area contributed by atoms with Crippen molar-refractivity contribution in [3.8, 4) is 11.7 Å². The van der Waals surface area contributed by atoms with Gasteiger partial charge >= 0.3 is 6.01 Å². The number of fused-ring (bicyclic) bond motifs is 6. The summed E-state index contributed by atoms with van der Waals surface area (Å²) >= 11 is 0. The van der Waals surface area contributed by atoms with Crippen LogP contribution in [0.4, 0.5) is 0 Å². The zero-order valence-electron chi connectivity index (χ0n) is 16.6. The molecule has 146 valence electrons. The summed E-state index contributed by atoms with van der Waals surface area (Å²) < 4.78 is 10.7. The van der Waals surface area contributed by atoms with E-state index in [1.807, 2.05) is 30.3 Å². The van der Waals surface area contributed by atoms with Gasteiger partial charge in [-0.3, -0.25) is 4.57 Å². The van der Waals surface area contributed by atoms with Crippen molar-refractivity contribution in [1.82, 2.24) is 14.1 Å². The summed E-state index contributed by atoms with van der Waals surface area (Å²) in [5, 5.41) is 2.33. The number of nitrogens with zero attached hydrogens (tertiary/aromatic N) is 3. The molecule has 0 N–H and O–H groups in total. The summed E-state index contributed by atoms with van der Waals surface area (Å²) in [6.45, 7) is 0. The van der Waals surface area contributed by atoms with Crippen LogP contribution < -0.4 is 0 Å². The first-order chi connectivity index (χ1) is 15.4. The predicted octanol–water partition coefficient (Wildman–Crippen LogP) is 6.87. The maximum Gasteiger partial charge on any atom is 0.307 e. The molecular formula is C27H17N3O. The summed E-state index contributed by atoms with van der Waals surface area (Å²) in [5.74, 6) is 0. The summed E-state index contributed by atoms with van der Waals surface area (Å²) in [6, 6.07) is 36.0. The van der Waals surface area contributed by atoms with Crippen LogP contribution in [-0.2, 0) is 0 Å². The molecule has 0 aliphatic rings. The van der Waals surface area contributed by atoms with Gasteiger partial charge in [0.1, 0.15) is 5.52 Å². The molecule has 0 aliphatic heterocycles. The Kier molecular flexibility index (Phi) is 3.24. The Balaban J connectivity index is 1.73. The molecule has 0 amide bonds. The number of benzene rings is 4. The Morgan fingerprint density at radius 2 is 1.13 bits per heavy atom. The van der Waals surface area contributed by atoms with E-state index in [0.717, 1.165) is 38.9 Å². The summed E-state index contributed by atoms with van der Waals surface area (Å²) in [5.41, 5.74) is 7.28. The highest BCUT2D eigenvalue weighted by Crippen LogP contribution is 2.40. The molecule has 0 saturated carbocycles. The lowest BCUT2D eigenvalue weighted by atomic mass is 10.2. The largest absolute Gasteiger partial charge is 0.423 e. The van der Waals surface area contributed by atoms with Gasteiger partial charge < -0.3 is 8.98 Å². The number of oxazole rings is 1. The van der Waals surface area contributed by atoms with E-state index in [1.165, 1.54) is 10.8 Å². The van der Waals surface area contributed by atoms with Gasteiger partial charge in [-0.2, -0.15) is 4.98 Å². The third-order valence-electron chi connectivity index (χ3n) is 5.96. The molecule has 0 bridgehead atoms. The average molecular weight is 399 g/mol. The van der Waals surface area contributed by atoms with Gasteiger partial charge in [-0.05, 0) is 36.4 Å². The molecule has 0 radical (unpaired) electrons. The molecule has 4 aromatic carbocycles. The third-order valence-corrected chi connectivity index (χ3v) is 5.96. The topological polar surface area (TPSA) is 35.9 Å². The second kappa shape index (κ2) is 6.09. The number of aromatic nitrogens is 3. The molecule has 7 aromatic rings. The smallest absolute Gasteiger partial charge is 0.307 e. The van der Waals surface area contributed by atoms with Crippen molar-refractivity contribution >= 4 is 43.9 Å². The van der Waals surface area contributed by atoms with E-state index in [0.29, 0.717) is 6.01 Å². The molecule has 0 aliphatic carbocycles. The van der Waals surface area contributed by atoms with Gasteiger partial charge in [-0.1, -0.05) is 66.7 Å². The minimum Gasteiger partial charge on any atom is -0.423 e. The lowest BCUT2D eigenvalue weighted by Crippen LogP contribution is -1.93. The quantitative estimate of drug-likeness (QED) is 0.318. The number of hydrogen-bond acceptors (Lipinski definition) is 2. The highest BCUT2D eigenvalue weighted by atomic mass is 16.4. The number of rotatable bonds is 2. The second-order valence-electron chi connectivity index (χ2n) is 7.70. The molecule has 31 heavy (non-hydrogen) atoms. The molecule has 4 heteroatoms. The summed E-state index contributed by atoms with van der Waals surface area (Å²) in [4.78, 5) is 4.83. The molecule has 0 saturated heterocycles. The third kappa shape index (κ3) is 2.21. The monoisotopic (exact) mass is 399 g/mol. The SMILES string of the molecule is c1ccc(-n2c3ccccc3c3c2c2ccccc2n3-c2nc3ccccc3o2)cc1. The van der Waals surface area contributed by atoms with Gasteiger partial charge in [0.05, 0.1) is 22.1 Å². The van der Waals surface area contributed by atoms with Crippen molar-refractivity contribution in [3.05, 3.63) is 103 Å². The highest BCUT2D eigenvalue weighted by Gasteiger charge is 2.23. The van der Waals surface area contributed by atoms with E-state index < -0.39 is 0 Å². The van der Waals surface area contributed by atoms with Gasteiger partial charge in [0.15, 0.2) is 5.58 Å². The van der Waals surface area contributed by atoms with Crippen molar-refractivity contribution in [2.45, 2.75) is 0 Å². The van der Waals surface area contributed by atoms with Crippen LogP contribution in [0.1, 0.15) is 0 Å². The maximum absolute atomic E-state index is 6.24. The van der Waals surface area contributed by atoms with Crippen molar-refractivity contribution in [2.24, 2.45) is 0 Å². The molecule has 3 heterocycles. The predicted molar refractivity (Wildman–Crippen MR) is 125 cm³/mol. The Hall–Kier alpha value is -4.31. The molecule has 0 fully saturated rings. The molecule has 0 atom stereocenters. The van der Waals surface area contributed by atoms with Crippen LogP contribution in [0.5, 0.6) is 0 Å². The first-order valence-electron chi connectivity index (χ1n) is 10.3.